The molecule has 0 atom stereocenters. The van der Waals surface area contributed by atoms with Gasteiger partial charge in [0.25, 0.3) is 0 Å². The number of nitrogens with zero attached hydrogens (tertiary/aromatic N) is 1. The van der Waals surface area contributed by atoms with Crippen LogP contribution in [-0.4, -0.2) is 24.9 Å². The van der Waals surface area contributed by atoms with Gasteiger partial charge in [-0.3, -0.25) is 14.6 Å². The Bertz CT molecular complexity index is 747. The largest absolute Gasteiger partial charge is 0.497 e. The van der Waals surface area contributed by atoms with E-state index in [0.717, 1.165) is 16.9 Å². The van der Waals surface area contributed by atoms with Gasteiger partial charge in [-0.05, 0) is 29.2 Å². The maximum absolute atomic E-state index is 12.4. The molecule has 0 spiro atoms. The number of ketones is 2. The summed E-state index contributed by atoms with van der Waals surface area (Å²) < 4.78 is 5.12. The summed E-state index contributed by atoms with van der Waals surface area (Å²) in [5.74, 6) is 0.00939. The Morgan fingerprint density at radius 1 is 1.00 bits per heavy atom. The molecule has 0 bridgehead atoms. The maximum Gasteiger partial charge on any atom is 0.149 e. The first-order valence-electron chi connectivity index (χ1n) is 8.40. The third-order valence-corrected chi connectivity index (χ3v) is 4.55. The molecule has 2 aromatic carbocycles. The Kier molecular flexibility index (Phi) is 5.39. The fourth-order valence-corrected chi connectivity index (χ4v) is 3.11. The first kappa shape index (κ1) is 17.1. The topological polar surface area (TPSA) is 55.7 Å². The average Bonchev–Trinajstić information content (AvgIpc) is 2.65. The third-order valence-electron chi connectivity index (χ3n) is 4.55. The molecule has 0 saturated heterocycles. The lowest BCUT2D eigenvalue weighted by Gasteiger charge is -2.24. The lowest BCUT2D eigenvalue weighted by molar-refractivity contribution is -0.133. The normalized spacial score (nSPS) is 20.8. The molecule has 0 aliphatic heterocycles. The minimum absolute atomic E-state index is 0.00700. The van der Waals surface area contributed by atoms with Crippen molar-refractivity contribution in [3.05, 3.63) is 65.7 Å². The smallest absolute Gasteiger partial charge is 0.149 e. The molecule has 0 N–H and O–H groups in total. The van der Waals surface area contributed by atoms with Gasteiger partial charge >= 0.3 is 0 Å². The molecule has 4 heteroatoms. The second-order valence-electron chi connectivity index (χ2n) is 6.26. The van der Waals surface area contributed by atoms with Crippen LogP contribution in [0.3, 0.4) is 0 Å². The number of hydrogen-bond donors (Lipinski definition) is 0. The van der Waals surface area contributed by atoms with Crippen LogP contribution >= 0.6 is 0 Å². The number of carbonyl (C=O) groups is 2. The molecule has 0 unspecified atom stereocenters. The molecule has 1 aliphatic rings. The van der Waals surface area contributed by atoms with Crippen molar-refractivity contribution in [2.75, 3.05) is 7.11 Å². The summed E-state index contributed by atoms with van der Waals surface area (Å²) in [7, 11) is 1.62. The Morgan fingerprint density at radius 3 is 2.24 bits per heavy atom. The van der Waals surface area contributed by atoms with Gasteiger partial charge in [0.1, 0.15) is 23.2 Å². The molecule has 0 amide bonds. The van der Waals surface area contributed by atoms with Crippen molar-refractivity contribution in [2.45, 2.75) is 25.3 Å². The summed E-state index contributed by atoms with van der Waals surface area (Å²) in [5, 5.41) is 0. The first-order valence-corrected chi connectivity index (χ1v) is 8.40. The van der Waals surface area contributed by atoms with Crippen LogP contribution in [0.25, 0.3) is 0 Å². The fraction of sp³-hybridized carbons (Fsp3) is 0.286. The van der Waals surface area contributed by atoms with Crippen molar-refractivity contribution in [3.8, 4) is 5.75 Å². The highest BCUT2D eigenvalue weighted by Crippen LogP contribution is 2.31. The van der Waals surface area contributed by atoms with Crippen LogP contribution in [0.4, 0.5) is 0 Å². The molecular formula is C21H21NO3. The van der Waals surface area contributed by atoms with E-state index in [0.29, 0.717) is 19.4 Å². The number of methoxy groups -OCH3 is 1. The summed E-state index contributed by atoms with van der Waals surface area (Å²) in [6.45, 7) is 0.448. The lowest BCUT2D eigenvalue weighted by Crippen LogP contribution is -2.33. The summed E-state index contributed by atoms with van der Waals surface area (Å²) in [4.78, 5) is 29.1. The van der Waals surface area contributed by atoms with E-state index in [1.165, 1.54) is 6.21 Å². The van der Waals surface area contributed by atoms with Crippen molar-refractivity contribution in [2.24, 2.45) is 10.9 Å². The van der Waals surface area contributed by atoms with E-state index in [4.69, 9.17) is 4.74 Å². The van der Waals surface area contributed by atoms with E-state index in [1.54, 1.807) is 7.11 Å². The van der Waals surface area contributed by atoms with E-state index >= 15 is 0 Å². The Balaban J connectivity index is 1.61. The number of ether oxygens (including phenoxy) is 1. The zero-order valence-electron chi connectivity index (χ0n) is 14.2. The Morgan fingerprint density at radius 2 is 1.64 bits per heavy atom. The Labute approximate surface area is 147 Å². The second kappa shape index (κ2) is 7.88. The van der Waals surface area contributed by atoms with Crippen molar-refractivity contribution in [3.63, 3.8) is 0 Å². The molecule has 0 aromatic heterocycles. The highest BCUT2D eigenvalue weighted by Gasteiger charge is 2.34. The standard InChI is InChI=1S/C21H21NO3/c1-25-18-9-7-15(8-10-18)13-22-14-19-20(23)11-17(12-21(19)24)16-5-3-2-4-6-16/h2-10,14,17,19H,11-13H2,1H3. The zero-order chi connectivity index (χ0) is 17.6. The van der Waals surface area contributed by atoms with Gasteiger partial charge < -0.3 is 4.74 Å². The van der Waals surface area contributed by atoms with Gasteiger partial charge in [0, 0.05) is 19.1 Å². The van der Waals surface area contributed by atoms with E-state index < -0.39 is 5.92 Å². The Hall–Kier alpha value is -2.75. The third kappa shape index (κ3) is 4.21. The highest BCUT2D eigenvalue weighted by molar-refractivity contribution is 6.16. The SMILES string of the molecule is COc1ccc(CN=CC2C(=O)CC(c3ccccc3)CC2=O)cc1. The van der Waals surface area contributed by atoms with Crippen LogP contribution in [0.1, 0.15) is 29.9 Å². The molecule has 1 saturated carbocycles. The van der Waals surface area contributed by atoms with Gasteiger partial charge in [-0.2, -0.15) is 0 Å². The molecular weight excluding hydrogens is 314 g/mol. The van der Waals surface area contributed by atoms with E-state index in [2.05, 4.69) is 4.99 Å². The summed E-state index contributed by atoms with van der Waals surface area (Å²) in [6.07, 6.45) is 2.32. The molecule has 1 aliphatic carbocycles. The van der Waals surface area contributed by atoms with Crippen molar-refractivity contribution in [1.29, 1.82) is 0 Å². The van der Waals surface area contributed by atoms with Crippen molar-refractivity contribution < 1.29 is 14.3 Å². The number of aliphatic imine (C=N–C) groups is 1. The maximum atomic E-state index is 12.4. The van der Waals surface area contributed by atoms with Gasteiger partial charge in [0.2, 0.25) is 0 Å². The molecule has 2 aromatic rings. The number of carbonyl (C=O) groups excluding carboxylic acids is 2. The average molecular weight is 335 g/mol. The fourth-order valence-electron chi connectivity index (χ4n) is 3.11. The van der Waals surface area contributed by atoms with Crippen molar-refractivity contribution >= 4 is 17.8 Å². The summed E-state index contributed by atoms with van der Waals surface area (Å²) in [6, 6.07) is 17.3. The minimum atomic E-state index is -0.696. The number of rotatable bonds is 5. The monoisotopic (exact) mass is 335 g/mol. The van der Waals surface area contributed by atoms with E-state index in [1.807, 2.05) is 54.6 Å². The minimum Gasteiger partial charge on any atom is -0.497 e. The molecule has 25 heavy (non-hydrogen) atoms. The van der Waals surface area contributed by atoms with Crippen LogP contribution in [0.2, 0.25) is 0 Å². The summed E-state index contributed by atoms with van der Waals surface area (Å²) in [5.41, 5.74) is 2.06. The van der Waals surface area contributed by atoms with Crippen LogP contribution in [0, 0.1) is 5.92 Å². The molecule has 0 radical (unpaired) electrons. The quantitative estimate of drug-likeness (QED) is 0.620. The van der Waals surface area contributed by atoms with Crippen LogP contribution < -0.4 is 4.74 Å². The van der Waals surface area contributed by atoms with E-state index in [-0.39, 0.29) is 17.5 Å². The number of Topliss-reactive ketones (excluding diaryl/α,β-unsaturated/α-hetero) is 2. The van der Waals surface area contributed by atoms with Crippen LogP contribution in [0.15, 0.2) is 59.6 Å². The van der Waals surface area contributed by atoms with Crippen molar-refractivity contribution in [1.82, 2.24) is 0 Å². The molecule has 1 fully saturated rings. The predicted molar refractivity (Wildman–Crippen MR) is 97.1 cm³/mol. The highest BCUT2D eigenvalue weighted by atomic mass is 16.5. The van der Waals surface area contributed by atoms with Crippen LogP contribution in [-0.2, 0) is 16.1 Å². The van der Waals surface area contributed by atoms with Gasteiger partial charge in [-0.15, -0.1) is 0 Å². The lowest BCUT2D eigenvalue weighted by atomic mass is 9.77. The van der Waals surface area contributed by atoms with Gasteiger partial charge in [-0.1, -0.05) is 42.5 Å². The van der Waals surface area contributed by atoms with E-state index in [9.17, 15) is 9.59 Å². The molecule has 0 heterocycles. The van der Waals surface area contributed by atoms with Gasteiger partial charge in [0.05, 0.1) is 13.7 Å². The molecule has 3 rings (SSSR count). The number of hydrogen-bond acceptors (Lipinski definition) is 4. The van der Waals surface area contributed by atoms with Crippen LogP contribution in [0.5, 0.6) is 5.75 Å². The summed E-state index contributed by atoms with van der Waals surface area (Å²) >= 11 is 0. The molecule has 128 valence electrons. The predicted octanol–water partition coefficient (Wildman–Crippen LogP) is 3.60. The van der Waals surface area contributed by atoms with Gasteiger partial charge in [0.15, 0.2) is 0 Å². The molecule has 4 nitrogen and oxygen atoms in total. The number of benzene rings is 2. The first-order chi connectivity index (χ1) is 12.2. The van der Waals surface area contributed by atoms with Gasteiger partial charge in [-0.25, -0.2) is 0 Å². The zero-order valence-corrected chi connectivity index (χ0v) is 14.2. The second-order valence-corrected chi connectivity index (χ2v) is 6.26.